The number of methoxy groups -OCH3 is 1. The number of piperazine rings is 1. The van der Waals surface area contributed by atoms with E-state index >= 15 is 0 Å². The highest BCUT2D eigenvalue weighted by molar-refractivity contribution is 6.45. The van der Waals surface area contributed by atoms with Crippen LogP contribution in [0.25, 0.3) is 21.7 Å². The molecule has 200 valence electrons. The second-order valence-electron chi connectivity index (χ2n) is 9.19. The zero-order valence-corrected chi connectivity index (χ0v) is 21.7. The van der Waals surface area contributed by atoms with Crippen LogP contribution in [0.3, 0.4) is 0 Å². The lowest BCUT2D eigenvalue weighted by molar-refractivity contribution is -0.126. The number of benzene rings is 1. The molecular weight excluding hydrogens is 498 g/mol. The maximum atomic E-state index is 13.4. The van der Waals surface area contributed by atoms with E-state index in [-0.39, 0.29) is 5.56 Å². The first-order valence-electron chi connectivity index (χ1n) is 12.3. The normalized spacial score (nSPS) is 13.8. The number of Topliss-reactive ketones (excluding diaryl/α,β-unsaturated/α-hetero) is 1. The van der Waals surface area contributed by atoms with E-state index < -0.39 is 11.7 Å². The number of nitrogens with zero attached hydrogens (tertiary/aromatic N) is 6. The zero-order valence-electron chi connectivity index (χ0n) is 21.7. The number of hydrogen-bond acceptors (Lipinski definition) is 9. The standard InChI is InChI=1S/C27H29N9O3/c1-16(2)32-15-36(29)26-23-22(20(39-3)14-31-26)19(13-30-23)24(37)27(38)35-10-8-34(9-11-35)25-18-7-5-4-6-17(18)12-21(28)33-25/h4-7,12-15,30H,1,8-11,29H2,2-3H3,(H2,28,33)/b32-15-. The number of carbonyl (C=O) groups is 2. The molecular formula is C27H29N9O3. The van der Waals surface area contributed by atoms with E-state index in [1.807, 2.05) is 30.3 Å². The summed E-state index contributed by atoms with van der Waals surface area (Å²) in [4.78, 5) is 46.4. The van der Waals surface area contributed by atoms with Gasteiger partial charge < -0.3 is 25.3 Å². The van der Waals surface area contributed by atoms with Gasteiger partial charge in [0.05, 0.1) is 29.8 Å². The molecule has 1 aromatic carbocycles. The van der Waals surface area contributed by atoms with Gasteiger partial charge in [-0.15, -0.1) is 0 Å². The van der Waals surface area contributed by atoms with Crippen molar-refractivity contribution in [1.29, 1.82) is 0 Å². The van der Waals surface area contributed by atoms with E-state index in [0.29, 0.717) is 60.2 Å². The van der Waals surface area contributed by atoms with E-state index in [1.165, 1.54) is 30.9 Å². The highest BCUT2D eigenvalue weighted by Crippen LogP contribution is 2.33. The van der Waals surface area contributed by atoms with Gasteiger partial charge in [-0.2, -0.15) is 0 Å². The van der Waals surface area contributed by atoms with Crippen molar-refractivity contribution in [2.45, 2.75) is 6.92 Å². The molecule has 39 heavy (non-hydrogen) atoms. The highest BCUT2D eigenvalue weighted by Gasteiger charge is 2.31. The van der Waals surface area contributed by atoms with Crippen molar-refractivity contribution in [3.8, 4) is 5.75 Å². The minimum atomic E-state index is -0.656. The van der Waals surface area contributed by atoms with Gasteiger partial charge in [0, 0.05) is 43.5 Å². The van der Waals surface area contributed by atoms with Gasteiger partial charge in [-0.1, -0.05) is 30.8 Å². The molecule has 1 aliphatic heterocycles. The van der Waals surface area contributed by atoms with Crippen LogP contribution in [0.5, 0.6) is 5.75 Å². The summed E-state index contributed by atoms with van der Waals surface area (Å²) in [6, 6.07) is 9.73. The van der Waals surface area contributed by atoms with Crippen LogP contribution in [0.15, 0.2) is 60.0 Å². The molecule has 1 amide bonds. The first kappa shape index (κ1) is 25.7. The average molecular weight is 528 g/mol. The van der Waals surface area contributed by atoms with Crippen LogP contribution in [0.2, 0.25) is 0 Å². The van der Waals surface area contributed by atoms with Crippen LogP contribution in [0.1, 0.15) is 17.3 Å². The monoisotopic (exact) mass is 527 g/mol. The Hall–Kier alpha value is -4.97. The fourth-order valence-corrected chi connectivity index (χ4v) is 4.67. The Balaban J connectivity index is 1.37. The van der Waals surface area contributed by atoms with E-state index in [4.69, 9.17) is 16.3 Å². The number of hydrazine groups is 1. The first-order valence-corrected chi connectivity index (χ1v) is 12.3. The molecule has 12 heteroatoms. The third-order valence-corrected chi connectivity index (χ3v) is 6.57. The summed E-state index contributed by atoms with van der Waals surface area (Å²) in [5.41, 5.74) is 7.21. The number of nitrogens with two attached hydrogens (primary N) is 2. The Morgan fingerprint density at radius 3 is 2.69 bits per heavy atom. The number of pyridine rings is 2. The smallest absolute Gasteiger partial charge is 0.295 e. The molecule has 0 spiro atoms. The lowest BCUT2D eigenvalue weighted by Crippen LogP contribution is -2.51. The summed E-state index contributed by atoms with van der Waals surface area (Å²) in [5.74, 6) is 6.69. The Kier molecular flexibility index (Phi) is 6.86. The van der Waals surface area contributed by atoms with Gasteiger partial charge in [-0.05, 0) is 18.4 Å². The van der Waals surface area contributed by atoms with E-state index in [1.54, 1.807) is 11.8 Å². The molecule has 0 aliphatic carbocycles. The summed E-state index contributed by atoms with van der Waals surface area (Å²) >= 11 is 0. The summed E-state index contributed by atoms with van der Waals surface area (Å²) < 4.78 is 5.45. The summed E-state index contributed by atoms with van der Waals surface area (Å²) in [6.45, 7) is 7.17. The number of carbonyl (C=O) groups excluding carboxylic acids is 2. The molecule has 5 rings (SSSR count). The minimum absolute atomic E-state index is 0.173. The predicted octanol–water partition coefficient (Wildman–Crippen LogP) is 2.48. The molecule has 1 aliphatic rings. The number of H-pyrrole nitrogens is 1. The number of ether oxygens (including phenoxy) is 1. The van der Waals surface area contributed by atoms with Crippen molar-refractivity contribution in [1.82, 2.24) is 19.9 Å². The summed E-state index contributed by atoms with van der Waals surface area (Å²) in [7, 11) is 1.47. The molecule has 12 nitrogen and oxygen atoms in total. The largest absolute Gasteiger partial charge is 0.494 e. The topological polar surface area (TPSA) is 159 Å². The number of anilines is 3. The van der Waals surface area contributed by atoms with Crippen LogP contribution in [0.4, 0.5) is 17.5 Å². The van der Waals surface area contributed by atoms with Crippen LogP contribution in [0, 0.1) is 0 Å². The fraction of sp³-hybridized carbons (Fsp3) is 0.222. The molecule has 0 radical (unpaired) electrons. The van der Waals surface area contributed by atoms with Crippen molar-refractivity contribution in [2.24, 2.45) is 10.8 Å². The minimum Gasteiger partial charge on any atom is -0.494 e. The second kappa shape index (κ2) is 10.4. The first-order chi connectivity index (χ1) is 18.8. The van der Waals surface area contributed by atoms with E-state index in [9.17, 15) is 9.59 Å². The van der Waals surface area contributed by atoms with Crippen LogP contribution >= 0.6 is 0 Å². The molecule has 0 saturated carbocycles. The van der Waals surface area contributed by atoms with Crippen molar-refractivity contribution < 1.29 is 14.3 Å². The van der Waals surface area contributed by atoms with Gasteiger partial charge in [-0.3, -0.25) is 9.59 Å². The molecule has 3 aromatic heterocycles. The van der Waals surface area contributed by atoms with Crippen LogP contribution in [-0.4, -0.2) is 71.2 Å². The van der Waals surface area contributed by atoms with Crippen molar-refractivity contribution in [2.75, 3.05) is 48.9 Å². The Morgan fingerprint density at radius 1 is 1.23 bits per heavy atom. The van der Waals surface area contributed by atoms with Gasteiger partial charge in [-0.25, -0.2) is 25.8 Å². The lowest BCUT2D eigenvalue weighted by Gasteiger charge is -2.35. The van der Waals surface area contributed by atoms with Gasteiger partial charge in [0.25, 0.3) is 11.7 Å². The molecule has 4 aromatic rings. The Labute approximate surface area is 224 Å². The third-order valence-electron chi connectivity index (χ3n) is 6.57. The average Bonchev–Trinajstić information content (AvgIpc) is 3.39. The Bertz CT molecular complexity index is 1620. The maximum Gasteiger partial charge on any atom is 0.295 e. The number of aromatic amines is 1. The van der Waals surface area contributed by atoms with E-state index in [2.05, 4.69) is 31.4 Å². The highest BCUT2D eigenvalue weighted by atomic mass is 16.5. The number of rotatable bonds is 7. The summed E-state index contributed by atoms with van der Waals surface area (Å²) in [6.07, 6.45) is 4.28. The molecule has 1 saturated heterocycles. The zero-order chi connectivity index (χ0) is 27.7. The Morgan fingerprint density at radius 2 is 1.97 bits per heavy atom. The number of amides is 1. The van der Waals surface area contributed by atoms with Gasteiger partial charge in [0.1, 0.15) is 23.7 Å². The van der Waals surface area contributed by atoms with Crippen molar-refractivity contribution in [3.05, 3.63) is 60.6 Å². The quantitative estimate of drug-likeness (QED) is 0.0819. The number of fused-ring (bicyclic) bond motifs is 2. The van der Waals surface area contributed by atoms with Crippen LogP contribution < -0.4 is 26.2 Å². The fourth-order valence-electron chi connectivity index (χ4n) is 4.67. The molecule has 5 N–H and O–H groups in total. The molecule has 0 atom stereocenters. The number of allylic oxidation sites excluding steroid dienone is 1. The van der Waals surface area contributed by atoms with E-state index in [0.717, 1.165) is 16.6 Å². The van der Waals surface area contributed by atoms with Crippen molar-refractivity contribution in [3.63, 3.8) is 0 Å². The number of aromatic nitrogens is 3. The maximum absolute atomic E-state index is 13.4. The number of aliphatic imine (C=N–C) groups is 1. The van der Waals surface area contributed by atoms with Crippen molar-refractivity contribution >= 4 is 57.2 Å². The predicted molar refractivity (Wildman–Crippen MR) is 152 cm³/mol. The van der Waals surface area contributed by atoms with Gasteiger partial charge in [0.2, 0.25) is 0 Å². The number of ketones is 1. The molecule has 0 bridgehead atoms. The molecule has 1 fully saturated rings. The van der Waals surface area contributed by atoms with Crippen LogP contribution in [-0.2, 0) is 4.79 Å². The second-order valence-corrected chi connectivity index (χ2v) is 9.19. The molecule has 4 heterocycles. The van der Waals surface area contributed by atoms with Gasteiger partial charge in [0.15, 0.2) is 5.82 Å². The number of nitrogen functional groups attached to an aromatic ring is 1. The SMILES string of the molecule is C=C(C)/N=C\N(N)c1ncc(OC)c2c(C(=O)C(=O)N3CCN(c4nc(N)cc5ccccc45)CC3)c[nH]c12. The number of nitrogens with one attached hydrogen (secondary N) is 1. The summed E-state index contributed by atoms with van der Waals surface area (Å²) in [5, 5.41) is 3.60. The molecule has 0 unspecified atom stereocenters. The third kappa shape index (κ3) is 4.84. The lowest BCUT2D eigenvalue weighted by atomic mass is 10.1. The van der Waals surface area contributed by atoms with Gasteiger partial charge >= 0.3 is 0 Å². The number of hydrogen-bond donors (Lipinski definition) is 3.